The number of fused-ring (bicyclic) bond motifs is 1. The first-order valence-electron chi connectivity index (χ1n) is 9.73. The van der Waals surface area contributed by atoms with E-state index >= 15 is 0 Å². The number of hydrogen-bond donors (Lipinski definition) is 1. The summed E-state index contributed by atoms with van der Waals surface area (Å²) in [5, 5.41) is 7.35. The minimum Gasteiger partial charge on any atom is -0.349 e. The maximum atomic E-state index is 12.6. The van der Waals surface area contributed by atoms with E-state index in [0.29, 0.717) is 6.54 Å². The Balaban J connectivity index is 1.35. The molecule has 2 aromatic rings. The van der Waals surface area contributed by atoms with Crippen molar-refractivity contribution in [1.29, 1.82) is 0 Å². The van der Waals surface area contributed by atoms with E-state index in [2.05, 4.69) is 15.4 Å². The van der Waals surface area contributed by atoms with Crippen LogP contribution in [0.25, 0.3) is 0 Å². The van der Waals surface area contributed by atoms with Gasteiger partial charge in [-0.2, -0.15) is 5.10 Å². The van der Waals surface area contributed by atoms with Crippen molar-refractivity contribution >= 4 is 11.8 Å². The average molecular weight is 384 g/mol. The highest BCUT2D eigenvalue weighted by atomic mass is 16.2. The van der Waals surface area contributed by atoms with Gasteiger partial charge >= 0.3 is 5.69 Å². The third-order valence-electron chi connectivity index (χ3n) is 5.39. The zero-order chi connectivity index (χ0) is 19.5. The van der Waals surface area contributed by atoms with E-state index in [9.17, 15) is 14.4 Å². The molecule has 2 aromatic heterocycles. The van der Waals surface area contributed by atoms with E-state index in [1.54, 1.807) is 6.07 Å². The molecule has 0 atom stereocenters. The van der Waals surface area contributed by atoms with Gasteiger partial charge in [0.2, 0.25) is 11.8 Å². The lowest BCUT2D eigenvalue weighted by Gasteiger charge is -2.30. The maximum Gasteiger partial charge on any atom is 0.347 e. The molecule has 0 bridgehead atoms. The monoisotopic (exact) mass is 384 g/mol. The number of rotatable bonds is 5. The molecule has 2 aliphatic rings. The van der Waals surface area contributed by atoms with Crippen molar-refractivity contribution < 1.29 is 9.59 Å². The molecule has 0 aromatic carbocycles. The van der Waals surface area contributed by atoms with Crippen LogP contribution in [0.4, 0.5) is 0 Å². The number of aromatic nitrogens is 4. The summed E-state index contributed by atoms with van der Waals surface area (Å²) in [5.74, 6) is 0.182. The Labute approximate surface area is 162 Å². The van der Waals surface area contributed by atoms with Crippen LogP contribution in [0.15, 0.2) is 29.3 Å². The highest BCUT2D eigenvalue weighted by molar-refractivity contribution is 5.79. The van der Waals surface area contributed by atoms with Crippen LogP contribution in [0, 0.1) is 5.92 Å². The molecular weight excluding hydrogens is 360 g/mol. The minimum absolute atomic E-state index is 0.0795. The normalized spacial score (nSPS) is 16.8. The van der Waals surface area contributed by atoms with Gasteiger partial charge in [0.05, 0.1) is 24.5 Å². The average Bonchev–Trinajstić information content (AvgIpc) is 2.90. The number of carbonyl (C=O) groups is 2. The molecule has 2 amide bonds. The smallest absolute Gasteiger partial charge is 0.347 e. The van der Waals surface area contributed by atoms with Gasteiger partial charge in [-0.1, -0.05) is 6.42 Å². The second-order valence-corrected chi connectivity index (χ2v) is 7.40. The molecule has 148 valence electrons. The summed E-state index contributed by atoms with van der Waals surface area (Å²) >= 11 is 0. The molecule has 1 N–H and O–H groups in total. The van der Waals surface area contributed by atoms with Crippen LogP contribution in [0.3, 0.4) is 0 Å². The predicted octanol–water partition coefficient (Wildman–Crippen LogP) is 0.289. The Morgan fingerprint density at radius 2 is 2.07 bits per heavy atom. The molecule has 0 radical (unpaired) electrons. The second-order valence-electron chi connectivity index (χ2n) is 7.40. The lowest BCUT2D eigenvalue weighted by molar-refractivity contribution is -0.138. The molecule has 0 unspecified atom stereocenters. The van der Waals surface area contributed by atoms with E-state index in [-0.39, 0.29) is 30.8 Å². The Morgan fingerprint density at radius 1 is 1.21 bits per heavy atom. The summed E-state index contributed by atoms with van der Waals surface area (Å²) in [6, 6.07) is 3.56. The zero-order valence-corrected chi connectivity index (χ0v) is 15.7. The molecule has 0 spiro atoms. The lowest BCUT2D eigenvalue weighted by atomic mass is 9.84. The van der Waals surface area contributed by atoms with Crippen LogP contribution in [0.2, 0.25) is 0 Å². The number of nitrogens with one attached hydrogen (secondary N) is 1. The molecule has 1 aliphatic carbocycles. The van der Waals surface area contributed by atoms with Crippen LogP contribution in [-0.4, -0.2) is 42.6 Å². The van der Waals surface area contributed by atoms with Gasteiger partial charge in [-0.25, -0.2) is 9.78 Å². The van der Waals surface area contributed by atoms with Crippen LogP contribution in [0.1, 0.15) is 37.1 Å². The molecule has 1 aliphatic heterocycles. The minimum atomic E-state index is -0.456. The van der Waals surface area contributed by atoms with Crippen molar-refractivity contribution in [3.63, 3.8) is 0 Å². The third kappa shape index (κ3) is 3.97. The first-order chi connectivity index (χ1) is 13.6. The van der Waals surface area contributed by atoms with E-state index in [1.807, 2.05) is 15.6 Å². The Hall–Kier alpha value is -2.97. The van der Waals surface area contributed by atoms with Crippen LogP contribution in [0.5, 0.6) is 0 Å². The highest BCUT2D eigenvalue weighted by Gasteiger charge is 2.30. The van der Waals surface area contributed by atoms with Crippen molar-refractivity contribution in [2.45, 2.75) is 51.9 Å². The summed E-state index contributed by atoms with van der Waals surface area (Å²) in [5.41, 5.74) is 1.29. The molecule has 0 saturated heterocycles. The number of carbonyl (C=O) groups excluding carboxylic acids is 2. The van der Waals surface area contributed by atoms with Gasteiger partial charge in [0.15, 0.2) is 0 Å². The number of amides is 2. The topological polar surface area (TPSA) is 102 Å². The van der Waals surface area contributed by atoms with Gasteiger partial charge in [0.1, 0.15) is 6.54 Å². The molecule has 28 heavy (non-hydrogen) atoms. The fourth-order valence-electron chi connectivity index (χ4n) is 3.62. The molecular formula is C19H24N6O3. The van der Waals surface area contributed by atoms with Crippen molar-refractivity contribution in [2.24, 2.45) is 5.92 Å². The Kier molecular flexibility index (Phi) is 5.23. The fourth-order valence-corrected chi connectivity index (χ4v) is 3.62. The molecule has 1 saturated carbocycles. The Bertz CT molecular complexity index is 930. The summed E-state index contributed by atoms with van der Waals surface area (Å²) in [6.45, 7) is 2.31. The van der Waals surface area contributed by atoms with Gasteiger partial charge in [-0.05, 0) is 31.4 Å². The van der Waals surface area contributed by atoms with Gasteiger partial charge in [0.25, 0.3) is 0 Å². The highest BCUT2D eigenvalue weighted by Crippen LogP contribution is 2.29. The van der Waals surface area contributed by atoms with Crippen molar-refractivity contribution in [1.82, 2.24) is 29.5 Å². The molecule has 3 heterocycles. The Morgan fingerprint density at radius 3 is 2.82 bits per heavy atom. The van der Waals surface area contributed by atoms with Crippen molar-refractivity contribution in [3.05, 3.63) is 46.4 Å². The van der Waals surface area contributed by atoms with Crippen LogP contribution in [-0.2, 0) is 35.8 Å². The summed E-state index contributed by atoms with van der Waals surface area (Å²) in [4.78, 5) is 41.8. The van der Waals surface area contributed by atoms with E-state index < -0.39 is 5.69 Å². The van der Waals surface area contributed by atoms with Crippen LogP contribution < -0.4 is 11.0 Å². The summed E-state index contributed by atoms with van der Waals surface area (Å²) in [7, 11) is 0. The molecule has 9 nitrogen and oxygen atoms in total. The molecule has 4 rings (SSSR count). The second kappa shape index (κ2) is 7.95. The summed E-state index contributed by atoms with van der Waals surface area (Å²) < 4.78 is 3.18. The summed E-state index contributed by atoms with van der Waals surface area (Å²) in [6.07, 6.45) is 6.97. The first-order valence-corrected chi connectivity index (χ1v) is 9.73. The standard InChI is InChI=1S/C19H24N6O3/c26-17(13-24-7-2-6-20-19(24)28)21-11-15-10-16-12-23(8-3-9-25(16)22-15)18(27)14-4-1-5-14/h2,6-7,10,14H,1,3-5,8-9,11-13H2,(H,21,26). The first kappa shape index (κ1) is 18.4. The van der Waals surface area contributed by atoms with Crippen LogP contribution >= 0.6 is 0 Å². The predicted molar refractivity (Wildman–Crippen MR) is 99.9 cm³/mol. The van der Waals surface area contributed by atoms with E-state index in [4.69, 9.17) is 0 Å². The van der Waals surface area contributed by atoms with Crippen molar-refractivity contribution in [2.75, 3.05) is 6.54 Å². The van der Waals surface area contributed by atoms with E-state index in [1.165, 1.54) is 17.0 Å². The third-order valence-corrected chi connectivity index (χ3v) is 5.39. The van der Waals surface area contributed by atoms with Crippen molar-refractivity contribution in [3.8, 4) is 0 Å². The number of hydrogen-bond acceptors (Lipinski definition) is 5. The number of nitrogens with zero attached hydrogens (tertiary/aromatic N) is 5. The number of aryl methyl sites for hydroxylation is 1. The zero-order valence-electron chi connectivity index (χ0n) is 15.7. The van der Waals surface area contributed by atoms with E-state index in [0.717, 1.165) is 50.2 Å². The molecule has 9 heteroatoms. The lowest BCUT2D eigenvalue weighted by Crippen LogP contribution is -2.38. The SMILES string of the molecule is O=C(Cn1cccnc1=O)NCc1cc2n(n1)CCCN(C(=O)C1CCC1)C2. The quantitative estimate of drug-likeness (QED) is 0.798. The van der Waals surface area contributed by atoms with Gasteiger partial charge < -0.3 is 10.2 Å². The molecule has 1 fully saturated rings. The fraction of sp³-hybridized carbons (Fsp3) is 0.526. The van der Waals surface area contributed by atoms with Gasteiger partial charge in [-0.15, -0.1) is 0 Å². The van der Waals surface area contributed by atoms with Gasteiger partial charge in [-0.3, -0.25) is 18.8 Å². The van der Waals surface area contributed by atoms with Gasteiger partial charge in [0, 0.05) is 31.4 Å². The largest absolute Gasteiger partial charge is 0.349 e. The maximum absolute atomic E-state index is 12.6.